The maximum atomic E-state index is 14.0. The first-order chi connectivity index (χ1) is 21.6. The highest BCUT2D eigenvalue weighted by molar-refractivity contribution is 5.88. The van der Waals surface area contributed by atoms with E-state index >= 15 is 0 Å². The largest absolute Gasteiger partial charge is 0.481 e. The molecule has 8 unspecified atom stereocenters. The average molecular weight is 632 g/mol. The highest BCUT2D eigenvalue weighted by atomic mass is 16.4. The Balaban J connectivity index is 1.45. The predicted molar refractivity (Wildman–Crippen MR) is 183 cm³/mol. The van der Waals surface area contributed by atoms with Crippen molar-refractivity contribution in [2.24, 2.45) is 51.2 Å². The highest BCUT2D eigenvalue weighted by Crippen LogP contribution is 2.75. The van der Waals surface area contributed by atoms with Crippen molar-refractivity contribution in [1.29, 1.82) is 0 Å². The number of hydrogen-bond acceptors (Lipinski definition) is 3. The third-order valence-corrected chi connectivity index (χ3v) is 14.0. The molecule has 0 bridgehead atoms. The summed E-state index contributed by atoms with van der Waals surface area (Å²) in [7, 11) is 0. The van der Waals surface area contributed by atoms with E-state index < -0.39 is 17.4 Å². The van der Waals surface area contributed by atoms with Gasteiger partial charge in [-0.3, -0.25) is 9.59 Å². The van der Waals surface area contributed by atoms with Gasteiger partial charge in [0.05, 0.1) is 17.4 Å². The maximum Gasteiger partial charge on any atom is 0.335 e. The summed E-state index contributed by atoms with van der Waals surface area (Å²) < 4.78 is 0. The number of allylic oxidation sites excluding steroid dienone is 3. The Kier molecular flexibility index (Phi) is 9.45. The Morgan fingerprint density at radius 1 is 0.935 bits per heavy atom. The summed E-state index contributed by atoms with van der Waals surface area (Å²) in [5.41, 5.74) is 3.91. The number of aliphatic carboxylic acids is 1. The smallest absolute Gasteiger partial charge is 0.335 e. The Labute approximate surface area is 276 Å². The number of carbonyl (C=O) groups is 3. The van der Waals surface area contributed by atoms with Crippen LogP contribution < -0.4 is 5.32 Å². The third kappa shape index (κ3) is 5.66. The molecule has 4 saturated carbocycles. The van der Waals surface area contributed by atoms with E-state index in [4.69, 9.17) is 0 Å². The lowest BCUT2D eigenvalue weighted by Gasteiger charge is -2.69. The summed E-state index contributed by atoms with van der Waals surface area (Å²) in [6, 6.07) is 7.35. The first kappa shape index (κ1) is 34.4. The summed E-state index contributed by atoms with van der Waals surface area (Å²) in [4.78, 5) is 36.7. The molecule has 0 heterocycles. The number of hydrogen-bond donors (Lipinski definition) is 3. The van der Waals surface area contributed by atoms with Gasteiger partial charge >= 0.3 is 11.9 Å². The quantitative estimate of drug-likeness (QED) is 0.224. The van der Waals surface area contributed by atoms with Crippen molar-refractivity contribution in [3.63, 3.8) is 0 Å². The van der Waals surface area contributed by atoms with Crippen LogP contribution in [-0.2, 0) is 9.59 Å². The van der Waals surface area contributed by atoms with Crippen molar-refractivity contribution in [3.05, 3.63) is 53.6 Å². The SMILES string of the molecule is C=C(C)C1CCC2(C(=O)NCCC(=O)O)CCC3(C)C(CCC4C(C)(CC=C(c5ccc(C(=O)O)cc5)C(C)C)CCCC43C)C12. The second kappa shape index (κ2) is 12.6. The molecule has 46 heavy (non-hydrogen) atoms. The molecule has 4 aliphatic carbocycles. The molecule has 252 valence electrons. The van der Waals surface area contributed by atoms with Gasteiger partial charge in [-0.25, -0.2) is 4.79 Å². The molecule has 1 amide bonds. The Morgan fingerprint density at radius 2 is 1.61 bits per heavy atom. The second-order valence-electron chi connectivity index (χ2n) is 16.6. The Hall–Kier alpha value is -2.89. The fourth-order valence-corrected chi connectivity index (χ4v) is 11.5. The normalized spacial score (nSPS) is 37.2. The summed E-state index contributed by atoms with van der Waals surface area (Å²) in [5.74, 6) is 0.227. The van der Waals surface area contributed by atoms with E-state index in [9.17, 15) is 24.6 Å². The van der Waals surface area contributed by atoms with Gasteiger partial charge in [-0.15, -0.1) is 0 Å². The molecule has 4 fully saturated rings. The van der Waals surface area contributed by atoms with E-state index in [0.29, 0.717) is 29.2 Å². The van der Waals surface area contributed by atoms with Crippen LogP contribution in [0.1, 0.15) is 128 Å². The van der Waals surface area contributed by atoms with Crippen molar-refractivity contribution in [1.82, 2.24) is 5.32 Å². The van der Waals surface area contributed by atoms with Crippen molar-refractivity contribution >= 4 is 23.4 Å². The van der Waals surface area contributed by atoms with E-state index in [1.165, 1.54) is 36.8 Å². The first-order valence-corrected chi connectivity index (χ1v) is 17.8. The molecule has 4 aliphatic rings. The molecule has 0 radical (unpaired) electrons. The number of benzene rings is 1. The van der Waals surface area contributed by atoms with Gasteiger partial charge in [0.1, 0.15) is 0 Å². The number of rotatable bonds is 10. The summed E-state index contributed by atoms with van der Waals surface area (Å²) in [6.07, 6.45) is 13.1. The molecule has 8 atom stereocenters. The van der Waals surface area contributed by atoms with Crippen molar-refractivity contribution in [2.75, 3.05) is 6.54 Å². The molecule has 0 aromatic heterocycles. The third-order valence-electron chi connectivity index (χ3n) is 14.0. The highest BCUT2D eigenvalue weighted by Gasteiger charge is 2.69. The summed E-state index contributed by atoms with van der Waals surface area (Å²) in [5, 5.41) is 21.7. The first-order valence-electron chi connectivity index (χ1n) is 17.8. The zero-order chi connectivity index (χ0) is 33.7. The van der Waals surface area contributed by atoms with Crippen LogP contribution in [0.5, 0.6) is 0 Å². The van der Waals surface area contributed by atoms with Crippen LogP contribution in [0.2, 0.25) is 0 Å². The molecule has 5 rings (SSSR count). The molecule has 0 saturated heterocycles. The Bertz CT molecular complexity index is 1390. The van der Waals surface area contributed by atoms with E-state index in [1.54, 1.807) is 12.1 Å². The molecule has 6 nitrogen and oxygen atoms in total. The van der Waals surface area contributed by atoms with Crippen molar-refractivity contribution in [3.8, 4) is 0 Å². The average Bonchev–Trinajstić information content (AvgIpc) is 3.39. The van der Waals surface area contributed by atoms with E-state index in [1.807, 2.05) is 12.1 Å². The lowest BCUT2D eigenvalue weighted by atomic mass is 9.35. The van der Waals surface area contributed by atoms with Gasteiger partial charge in [0.25, 0.3) is 0 Å². The molecule has 0 spiro atoms. The van der Waals surface area contributed by atoms with Gasteiger partial charge in [-0.2, -0.15) is 0 Å². The number of aromatic carboxylic acids is 1. The van der Waals surface area contributed by atoms with E-state index in [2.05, 4.69) is 59.5 Å². The number of carbonyl (C=O) groups excluding carboxylic acids is 1. The van der Waals surface area contributed by atoms with Gasteiger partial charge in [0, 0.05) is 6.54 Å². The molecule has 3 N–H and O–H groups in total. The standard InChI is InChI=1S/C40H57NO5/c1-25(2)29(27-9-11-28(12-10-27)35(44)45)15-20-37(5)18-8-19-39(7)32(37)14-13-31-34-30(26(3)4)16-21-40(34,23-22-38(31,39)6)36(46)41-24-17-33(42)43/h9-12,15,25,30-32,34H,3,8,13-14,16-24H2,1-2,4-7H3,(H,41,46)(H,42,43)(H,44,45). The van der Waals surface area contributed by atoms with Gasteiger partial charge < -0.3 is 15.5 Å². The van der Waals surface area contributed by atoms with Crippen LogP contribution in [0.4, 0.5) is 0 Å². The monoisotopic (exact) mass is 631 g/mol. The summed E-state index contributed by atoms with van der Waals surface area (Å²) in [6.45, 7) is 18.9. The fraction of sp³-hybridized carbons (Fsp3) is 0.675. The maximum absolute atomic E-state index is 14.0. The Morgan fingerprint density at radius 3 is 2.22 bits per heavy atom. The number of amides is 1. The number of fused-ring (bicyclic) bond motifs is 5. The van der Waals surface area contributed by atoms with Crippen LogP contribution in [-0.4, -0.2) is 34.6 Å². The van der Waals surface area contributed by atoms with Gasteiger partial charge in [-0.05, 0) is 134 Å². The van der Waals surface area contributed by atoms with Crippen LogP contribution in [0, 0.1) is 51.2 Å². The predicted octanol–water partition coefficient (Wildman–Crippen LogP) is 9.02. The molecule has 1 aromatic carbocycles. The zero-order valence-corrected chi connectivity index (χ0v) is 29.1. The van der Waals surface area contributed by atoms with Gasteiger partial charge in [0.15, 0.2) is 0 Å². The number of carboxylic acid groups (broad SMARTS) is 2. The van der Waals surface area contributed by atoms with Crippen molar-refractivity contribution < 1.29 is 24.6 Å². The second-order valence-corrected chi connectivity index (χ2v) is 16.6. The summed E-state index contributed by atoms with van der Waals surface area (Å²) >= 11 is 0. The van der Waals surface area contributed by atoms with Crippen molar-refractivity contribution in [2.45, 2.75) is 112 Å². The van der Waals surface area contributed by atoms with E-state index in [-0.39, 0.29) is 41.0 Å². The van der Waals surface area contributed by atoms with Crippen LogP contribution in [0.3, 0.4) is 0 Å². The van der Waals surface area contributed by atoms with Gasteiger partial charge in [0.2, 0.25) is 5.91 Å². The lowest BCUT2D eigenvalue weighted by Crippen LogP contribution is -2.64. The van der Waals surface area contributed by atoms with Crippen LogP contribution >= 0.6 is 0 Å². The zero-order valence-electron chi connectivity index (χ0n) is 29.1. The minimum Gasteiger partial charge on any atom is -0.481 e. The molecule has 6 heteroatoms. The lowest BCUT2D eigenvalue weighted by molar-refractivity contribution is -0.205. The number of carboxylic acids is 2. The van der Waals surface area contributed by atoms with Crippen LogP contribution in [0.15, 0.2) is 42.5 Å². The minimum absolute atomic E-state index is 0.0451. The fourth-order valence-electron chi connectivity index (χ4n) is 11.5. The van der Waals surface area contributed by atoms with Crippen LogP contribution in [0.25, 0.3) is 5.57 Å². The van der Waals surface area contributed by atoms with Gasteiger partial charge in [-0.1, -0.05) is 71.4 Å². The molecule has 0 aliphatic heterocycles. The molecular weight excluding hydrogens is 574 g/mol. The molecular formula is C40H57NO5. The number of nitrogens with one attached hydrogen (secondary N) is 1. The topological polar surface area (TPSA) is 104 Å². The minimum atomic E-state index is -0.898. The molecule has 1 aromatic rings. The van der Waals surface area contributed by atoms with E-state index in [0.717, 1.165) is 44.1 Å².